The molecule has 0 spiro atoms. The second kappa shape index (κ2) is 6.30. The Bertz CT molecular complexity index is 729. The molecule has 3 fully saturated rings. The van der Waals surface area contributed by atoms with Crippen LogP contribution in [0, 0.1) is 12.8 Å². The summed E-state index contributed by atoms with van der Waals surface area (Å²) in [5.41, 5.74) is 2.07. The van der Waals surface area contributed by atoms with Gasteiger partial charge < -0.3 is 5.32 Å². The van der Waals surface area contributed by atoms with Gasteiger partial charge in [0.2, 0.25) is 0 Å². The van der Waals surface area contributed by atoms with Crippen LogP contribution in [0.15, 0.2) is 30.5 Å². The van der Waals surface area contributed by atoms with Gasteiger partial charge in [-0.3, -0.25) is 14.7 Å². The van der Waals surface area contributed by atoms with Crippen molar-refractivity contribution in [2.45, 2.75) is 38.8 Å². The molecule has 2 aromatic rings. The van der Waals surface area contributed by atoms with E-state index in [-0.39, 0.29) is 11.9 Å². The Morgan fingerprint density at radius 3 is 2.71 bits per heavy atom. The first-order valence-electron chi connectivity index (χ1n) is 8.69. The molecule has 4 nitrogen and oxygen atoms in total. The Hall–Kier alpha value is -1.72. The Morgan fingerprint density at radius 1 is 1.25 bits per heavy atom. The average molecular weight is 341 g/mol. The molecule has 0 unspecified atom stereocenters. The van der Waals surface area contributed by atoms with Crippen LogP contribution in [0.3, 0.4) is 0 Å². The van der Waals surface area contributed by atoms with Crippen molar-refractivity contribution in [3.8, 4) is 10.6 Å². The highest BCUT2D eigenvalue weighted by molar-refractivity contribution is 7.17. The molecule has 0 radical (unpaired) electrons. The smallest absolute Gasteiger partial charge is 0.261 e. The Balaban J connectivity index is 1.48. The predicted octanol–water partition coefficient (Wildman–Crippen LogP) is 3.33. The molecular formula is C19H23N3OS. The molecule has 3 aliphatic heterocycles. The fraction of sp³-hybridized carbons (Fsp3) is 0.474. The maximum Gasteiger partial charge on any atom is 0.261 e. The second-order valence-electron chi connectivity index (χ2n) is 7.00. The van der Waals surface area contributed by atoms with E-state index in [2.05, 4.69) is 28.2 Å². The summed E-state index contributed by atoms with van der Waals surface area (Å²) in [6.45, 7) is 6.63. The van der Waals surface area contributed by atoms with Crippen LogP contribution in [0.25, 0.3) is 10.6 Å². The fourth-order valence-corrected chi connectivity index (χ4v) is 4.86. The lowest BCUT2D eigenvalue weighted by molar-refractivity contribution is 0.0218. The summed E-state index contributed by atoms with van der Waals surface area (Å²) in [5, 5.41) is 3.30. The van der Waals surface area contributed by atoms with Gasteiger partial charge >= 0.3 is 0 Å². The van der Waals surface area contributed by atoms with Gasteiger partial charge in [0.15, 0.2) is 0 Å². The number of hydrogen-bond acceptors (Lipinski definition) is 4. The molecule has 0 aliphatic carbocycles. The highest BCUT2D eigenvalue weighted by atomic mass is 32.1. The van der Waals surface area contributed by atoms with Crippen LogP contribution < -0.4 is 5.32 Å². The van der Waals surface area contributed by atoms with Gasteiger partial charge in [0, 0.05) is 18.3 Å². The van der Waals surface area contributed by atoms with Crippen molar-refractivity contribution in [3.05, 3.63) is 40.9 Å². The summed E-state index contributed by atoms with van der Waals surface area (Å²) in [6, 6.07) is 8.71. The number of carbonyl (C=O) groups is 1. The lowest BCUT2D eigenvalue weighted by Gasteiger charge is -2.49. The van der Waals surface area contributed by atoms with Gasteiger partial charge in [-0.05, 0) is 69.5 Å². The number of piperidine rings is 3. The van der Waals surface area contributed by atoms with Crippen molar-refractivity contribution < 1.29 is 4.79 Å². The van der Waals surface area contributed by atoms with Crippen LogP contribution in [0.2, 0.25) is 0 Å². The summed E-state index contributed by atoms with van der Waals surface area (Å²) in [6.07, 6.45) is 4.28. The minimum atomic E-state index is 0.0592. The molecular weight excluding hydrogens is 318 g/mol. The zero-order chi connectivity index (χ0) is 16.7. The maximum absolute atomic E-state index is 12.7. The SMILES string of the molecule is Cc1ccc(-c2ccc(C(=O)N[C@@H]3C4CCN(CC4)[C@H]3C)s2)nc1. The molecule has 3 saturated heterocycles. The molecule has 2 atom stereocenters. The van der Waals surface area contributed by atoms with E-state index < -0.39 is 0 Å². The number of fused-ring (bicyclic) bond motifs is 3. The summed E-state index contributed by atoms with van der Waals surface area (Å²) in [5.74, 6) is 0.691. The number of nitrogens with one attached hydrogen (secondary N) is 1. The van der Waals surface area contributed by atoms with Crippen molar-refractivity contribution in [2.24, 2.45) is 5.92 Å². The van der Waals surface area contributed by atoms with Crippen molar-refractivity contribution >= 4 is 17.2 Å². The first kappa shape index (κ1) is 15.8. The number of pyridine rings is 1. The van der Waals surface area contributed by atoms with Crippen molar-refractivity contribution in [1.29, 1.82) is 0 Å². The molecule has 1 N–H and O–H groups in total. The topological polar surface area (TPSA) is 45.2 Å². The monoisotopic (exact) mass is 341 g/mol. The number of rotatable bonds is 3. The van der Waals surface area contributed by atoms with Gasteiger partial charge in [0.25, 0.3) is 5.91 Å². The first-order valence-corrected chi connectivity index (χ1v) is 9.51. The predicted molar refractivity (Wildman–Crippen MR) is 97.3 cm³/mol. The van der Waals surface area contributed by atoms with Gasteiger partial charge in [0.05, 0.1) is 15.4 Å². The average Bonchev–Trinajstić information content (AvgIpc) is 3.09. The van der Waals surface area contributed by atoms with Gasteiger partial charge in [-0.2, -0.15) is 0 Å². The molecule has 2 aromatic heterocycles. The number of aromatic nitrogens is 1. The Kier molecular flexibility index (Phi) is 4.14. The molecule has 2 bridgehead atoms. The van der Waals surface area contributed by atoms with E-state index in [4.69, 9.17) is 0 Å². The largest absolute Gasteiger partial charge is 0.347 e. The molecule has 1 amide bonds. The summed E-state index contributed by atoms with van der Waals surface area (Å²) >= 11 is 1.52. The van der Waals surface area contributed by atoms with E-state index in [0.29, 0.717) is 12.0 Å². The number of hydrogen-bond donors (Lipinski definition) is 1. The quantitative estimate of drug-likeness (QED) is 0.931. The van der Waals surface area contributed by atoms with Crippen LogP contribution in [-0.4, -0.2) is 41.0 Å². The molecule has 24 heavy (non-hydrogen) atoms. The van der Waals surface area contributed by atoms with Crippen LogP contribution in [0.1, 0.15) is 35.0 Å². The molecule has 5 rings (SSSR count). The number of aryl methyl sites for hydroxylation is 1. The van der Waals surface area contributed by atoms with Crippen LogP contribution >= 0.6 is 11.3 Å². The zero-order valence-electron chi connectivity index (χ0n) is 14.2. The standard InChI is InChI=1S/C19H23N3OS/c1-12-3-4-15(20-11-12)16-5-6-17(24-16)19(23)21-18-13(2)22-9-7-14(18)8-10-22/h3-6,11,13-14,18H,7-10H2,1-2H3,(H,21,23)/t13-,18-/m0/s1. The third-order valence-electron chi connectivity index (χ3n) is 5.47. The zero-order valence-corrected chi connectivity index (χ0v) is 15.0. The molecule has 5 heterocycles. The Morgan fingerprint density at radius 2 is 2.04 bits per heavy atom. The Labute approximate surface area is 146 Å². The lowest BCUT2D eigenvalue weighted by Crippen LogP contribution is -2.62. The second-order valence-corrected chi connectivity index (χ2v) is 8.08. The van der Waals surface area contributed by atoms with E-state index in [1.165, 1.54) is 37.3 Å². The van der Waals surface area contributed by atoms with Crippen molar-refractivity contribution in [2.75, 3.05) is 13.1 Å². The van der Waals surface area contributed by atoms with Crippen molar-refractivity contribution in [3.63, 3.8) is 0 Å². The number of carbonyl (C=O) groups excluding carboxylic acids is 1. The van der Waals surface area contributed by atoms with E-state index >= 15 is 0 Å². The van der Waals surface area contributed by atoms with Gasteiger partial charge in [-0.15, -0.1) is 11.3 Å². The molecule has 0 saturated carbocycles. The van der Waals surface area contributed by atoms with Gasteiger partial charge in [-0.25, -0.2) is 0 Å². The number of thiophene rings is 1. The lowest BCUT2D eigenvalue weighted by atomic mass is 9.79. The number of nitrogens with zero attached hydrogens (tertiary/aromatic N) is 2. The maximum atomic E-state index is 12.7. The highest BCUT2D eigenvalue weighted by Gasteiger charge is 2.40. The highest BCUT2D eigenvalue weighted by Crippen LogP contribution is 2.33. The third-order valence-corrected chi connectivity index (χ3v) is 6.58. The minimum Gasteiger partial charge on any atom is -0.347 e. The fourth-order valence-electron chi connectivity index (χ4n) is 3.98. The number of amides is 1. The van der Waals surface area contributed by atoms with Crippen LogP contribution in [0.5, 0.6) is 0 Å². The summed E-state index contributed by atoms with van der Waals surface area (Å²) in [7, 11) is 0. The summed E-state index contributed by atoms with van der Waals surface area (Å²) in [4.78, 5) is 21.5. The summed E-state index contributed by atoms with van der Waals surface area (Å²) < 4.78 is 0. The minimum absolute atomic E-state index is 0.0592. The first-order chi connectivity index (χ1) is 11.6. The van der Waals surface area contributed by atoms with Crippen molar-refractivity contribution in [1.82, 2.24) is 15.2 Å². The molecule has 3 aliphatic rings. The molecule has 126 valence electrons. The molecule has 0 aromatic carbocycles. The van der Waals surface area contributed by atoms with Gasteiger partial charge in [-0.1, -0.05) is 6.07 Å². The van der Waals surface area contributed by atoms with E-state index in [1.807, 2.05) is 31.3 Å². The van der Waals surface area contributed by atoms with Crippen LogP contribution in [-0.2, 0) is 0 Å². The molecule has 5 heteroatoms. The third kappa shape index (κ3) is 2.87. The normalized spacial score (nSPS) is 28.8. The van der Waals surface area contributed by atoms with E-state index in [1.54, 1.807) is 0 Å². The van der Waals surface area contributed by atoms with E-state index in [9.17, 15) is 4.79 Å². The van der Waals surface area contributed by atoms with Crippen LogP contribution in [0.4, 0.5) is 0 Å². The van der Waals surface area contributed by atoms with E-state index in [0.717, 1.165) is 21.0 Å². The van der Waals surface area contributed by atoms with Gasteiger partial charge in [0.1, 0.15) is 0 Å².